The number of amides is 1. The van der Waals surface area contributed by atoms with Gasteiger partial charge in [-0.3, -0.25) is 4.79 Å². The second-order valence-corrected chi connectivity index (χ2v) is 8.69. The number of nitrogens with zero attached hydrogens (tertiary/aromatic N) is 1. The molecule has 0 fully saturated rings. The Morgan fingerprint density at radius 2 is 1.67 bits per heavy atom. The number of ether oxygens (including phenoxy) is 1. The number of halogens is 2. The molecule has 4 aromatic carbocycles. The van der Waals surface area contributed by atoms with E-state index in [0.29, 0.717) is 22.2 Å². The maximum atomic E-state index is 12.2. The minimum absolute atomic E-state index is 0.459. The van der Waals surface area contributed by atoms with Crippen molar-refractivity contribution < 1.29 is 9.53 Å². The van der Waals surface area contributed by atoms with Gasteiger partial charge in [0.2, 0.25) is 5.91 Å². The number of rotatable bonds is 5. The lowest BCUT2D eigenvalue weighted by Crippen LogP contribution is -2.11. The molecule has 0 aliphatic carbocycles. The van der Waals surface area contributed by atoms with E-state index in [2.05, 4.69) is 16.7 Å². The van der Waals surface area contributed by atoms with Crippen LogP contribution >= 0.6 is 23.2 Å². The first-order chi connectivity index (χ1) is 16.0. The van der Waals surface area contributed by atoms with Crippen molar-refractivity contribution >= 4 is 50.9 Å². The number of nitrogens with two attached hydrogens (primary N) is 1. The van der Waals surface area contributed by atoms with Crippen LogP contribution in [-0.2, 0) is 6.54 Å². The van der Waals surface area contributed by atoms with Gasteiger partial charge in [0.1, 0.15) is 5.75 Å². The van der Waals surface area contributed by atoms with Crippen LogP contribution in [0.4, 0.5) is 0 Å². The summed E-state index contributed by atoms with van der Waals surface area (Å²) in [6, 6.07) is 25.2. The summed E-state index contributed by atoms with van der Waals surface area (Å²) >= 11 is 12.7. The average molecular weight is 475 g/mol. The van der Waals surface area contributed by atoms with E-state index in [0.717, 1.165) is 44.2 Å². The van der Waals surface area contributed by atoms with E-state index >= 15 is 0 Å². The number of fused-ring (bicyclic) bond motifs is 3. The number of aromatic nitrogens is 1. The van der Waals surface area contributed by atoms with Gasteiger partial charge in [0.15, 0.2) is 0 Å². The molecular weight excluding hydrogens is 455 g/mol. The summed E-state index contributed by atoms with van der Waals surface area (Å²) in [6.45, 7) is 0.494. The van der Waals surface area contributed by atoms with Gasteiger partial charge in [-0.1, -0.05) is 53.5 Å². The van der Waals surface area contributed by atoms with Gasteiger partial charge in [-0.25, -0.2) is 0 Å². The van der Waals surface area contributed by atoms with Crippen molar-refractivity contribution in [2.24, 2.45) is 5.73 Å². The van der Waals surface area contributed by atoms with Crippen molar-refractivity contribution in [2.45, 2.75) is 6.54 Å². The maximum Gasteiger partial charge on any atom is 0.249 e. The van der Waals surface area contributed by atoms with Crippen LogP contribution in [0.2, 0.25) is 10.0 Å². The molecule has 5 aromatic rings. The van der Waals surface area contributed by atoms with Gasteiger partial charge in [-0.15, -0.1) is 0 Å². The number of benzene rings is 4. The SMILES string of the molecule is COc1ccc(-c2ccc3c4c(C(N)=O)cccc4n(Cc4cc(Cl)ccc4Cl)c3c2)cc1. The van der Waals surface area contributed by atoms with Gasteiger partial charge in [0.05, 0.1) is 18.1 Å². The molecule has 0 unspecified atom stereocenters. The zero-order valence-electron chi connectivity index (χ0n) is 17.8. The van der Waals surface area contributed by atoms with E-state index in [-0.39, 0.29) is 0 Å². The molecule has 0 aliphatic heterocycles. The Kier molecular flexibility index (Phi) is 5.49. The van der Waals surface area contributed by atoms with Gasteiger partial charge >= 0.3 is 0 Å². The van der Waals surface area contributed by atoms with Crippen LogP contribution in [0.3, 0.4) is 0 Å². The lowest BCUT2D eigenvalue weighted by molar-refractivity contribution is 0.100. The van der Waals surface area contributed by atoms with Gasteiger partial charge in [-0.2, -0.15) is 0 Å². The van der Waals surface area contributed by atoms with Crippen molar-refractivity contribution in [2.75, 3.05) is 7.11 Å². The lowest BCUT2D eigenvalue weighted by atomic mass is 10.0. The zero-order chi connectivity index (χ0) is 23.1. The molecule has 1 amide bonds. The minimum atomic E-state index is -0.459. The Morgan fingerprint density at radius 3 is 2.39 bits per heavy atom. The summed E-state index contributed by atoms with van der Waals surface area (Å²) in [4.78, 5) is 12.2. The highest BCUT2D eigenvalue weighted by molar-refractivity contribution is 6.33. The van der Waals surface area contributed by atoms with E-state index < -0.39 is 5.91 Å². The van der Waals surface area contributed by atoms with Crippen LogP contribution in [0.5, 0.6) is 5.75 Å². The highest BCUT2D eigenvalue weighted by Crippen LogP contribution is 2.36. The second kappa shape index (κ2) is 8.47. The van der Waals surface area contributed by atoms with E-state index in [4.69, 9.17) is 33.7 Å². The number of primary amides is 1. The van der Waals surface area contributed by atoms with Crippen LogP contribution in [0, 0.1) is 0 Å². The Hall–Kier alpha value is -3.47. The molecule has 0 spiro atoms. The quantitative estimate of drug-likeness (QED) is 0.300. The van der Waals surface area contributed by atoms with Crippen molar-refractivity contribution in [1.29, 1.82) is 0 Å². The highest BCUT2D eigenvalue weighted by Gasteiger charge is 2.18. The summed E-state index contributed by atoms with van der Waals surface area (Å²) in [7, 11) is 1.65. The Morgan fingerprint density at radius 1 is 0.909 bits per heavy atom. The lowest BCUT2D eigenvalue weighted by Gasteiger charge is -2.11. The average Bonchev–Trinajstić information content (AvgIpc) is 3.14. The Bertz CT molecular complexity index is 1520. The fraction of sp³-hybridized carbons (Fsp3) is 0.0741. The molecule has 2 N–H and O–H groups in total. The number of carbonyl (C=O) groups excluding carboxylic acids is 1. The number of hydrogen-bond donors (Lipinski definition) is 1. The topological polar surface area (TPSA) is 57.2 Å². The third-order valence-electron chi connectivity index (χ3n) is 5.92. The highest BCUT2D eigenvalue weighted by atomic mass is 35.5. The van der Waals surface area contributed by atoms with E-state index in [9.17, 15) is 4.79 Å². The Balaban J connectivity index is 1.78. The van der Waals surface area contributed by atoms with E-state index in [1.165, 1.54) is 0 Å². The minimum Gasteiger partial charge on any atom is -0.497 e. The van der Waals surface area contributed by atoms with Crippen LogP contribution in [-0.4, -0.2) is 17.6 Å². The molecule has 1 aromatic heterocycles. The van der Waals surface area contributed by atoms with E-state index in [1.54, 1.807) is 25.3 Å². The van der Waals surface area contributed by atoms with Crippen LogP contribution in [0.25, 0.3) is 32.9 Å². The molecular formula is C27H20Cl2N2O2. The largest absolute Gasteiger partial charge is 0.497 e. The third-order valence-corrected chi connectivity index (χ3v) is 6.52. The number of carbonyl (C=O) groups is 1. The van der Waals surface area contributed by atoms with Gasteiger partial charge in [-0.05, 0) is 65.2 Å². The molecule has 0 saturated carbocycles. The molecule has 33 heavy (non-hydrogen) atoms. The standard InChI is InChI=1S/C27H20Cl2N2O2/c1-33-20-9-5-16(6-10-20)17-7-11-21-25(14-17)31(15-18-13-19(28)8-12-23(18)29)24-4-2-3-22(26(21)24)27(30)32/h2-14H,15H2,1H3,(H2,30,32). The monoisotopic (exact) mass is 474 g/mol. The van der Waals surface area contributed by atoms with Crippen molar-refractivity contribution in [1.82, 2.24) is 4.57 Å². The van der Waals surface area contributed by atoms with Gasteiger partial charge < -0.3 is 15.0 Å². The molecule has 0 saturated heterocycles. The molecule has 0 radical (unpaired) electrons. The molecule has 0 atom stereocenters. The van der Waals surface area contributed by atoms with Crippen LogP contribution in [0.1, 0.15) is 15.9 Å². The summed E-state index contributed by atoms with van der Waals surface area (Å²) in [6.07, 6.45) is 0. The predicted molar refractivity (Wildman–Crippen MR) is 136 cm³/mol. The second-order valence-electron chi connectivity index (χ2n) is 7.85. The number of methoxy groups -OCH3 is 1. The summed E-state index contributed by atoms with van der Waals surface area (Å²) in [5, 5.41) is 3.04. The predicted octanol–water partition coefficient (Wildman–Crippen LogP) is 6.92. The van der Waals surface area contributed by atoms with Crippen molar-refractivity contribution in [3.8, 4) is 16.9 Å². The zero-order valence-corrected chi connectivity index (χ0v) is 19.3. The summed E-state index contributed by atoms with van der Waals surface area (Å²) in [5.74, 6) is 0.343. The van der Waals surface area contributed by atoms with Gasteiger partial charge in [0, 0.05) is 32.9 Å². The first-order valence-corrected chi connectivity index (χ1v) is 11.1. The smallest absolute Gasteiger partial charge is 0.249 e. The van der Waals surface area contributed by atoms with Gasteiger partial charge in [0.25, 0.3) is 0 Å². The Labute approximate surface area is 201 Å². The summed E-state index contributed by atoms with van der Waals surface area (Å²) < 4.78 is 7.44. The van der Waals surface area contributed by atoms with Crippen molar-refractivity contribution in [3.63, 3.8) is 0 Å². The molecule has 4 nitrogen and oxygen atoms in total. The molecule has 6 heteroatoms. The molecule has 164 valence electrons. The van der Waals surface area contributed by atoms with Crippen molar-refractivity contribution in [3.05, 3.63) is 100 Å². The van der Waals surface area contributed by atoms with Crippen LogP contribution in [0.15, 0.2) is 78.9 Å². The normalized spacial score (nSPS) is 11.2. The third kappa shape index (κ3) is 3.82. The fourth-order valence-electron chi connectivity index (χ4n) is 4.32. The summed E-state index contributed by atoms with van der Waals surface area (Å²) in [5.41, 5.74) is 11.1. The molecule has 0 aliphatic rings. The van der Waals surface area contributed by atoms with Crippen LogP contribution < -0.4 is 10.5 Å². The molecule has 5 rings (SSSR count). The first kappa shape index (κ1) is 21.4. The fourth-order valence-corrected chi connectivity index (χ4v) is 4.69. The maximum absolute atomic E-state index is 12.2. The molecule has 1 heterocycles. The first-order valence-electron chi connectivity index (χ1n) is 10.4. The van der Waals surface area contributed by atoms with E-state index in [1.807, 2.05) is 48.5 Å². The number of hydrogen-bond acceptors (Lipinski definition) is 2. The molecule has 0 bridgehead atoms.